The van der Waals surface area contributed by atoms with Gasteiger partial charge in [-0.1, -0.05) is 44.2 Å². The quantitative estimate of drug-likeness (QED) is 0.776. The van der Waals surface area contributed by atoms with Crippen molar-refractivity contribution >= 4 is 22.4 Å². The molecule has 0 saturated heterocycles. The molecule has 0 saturated carbocycles. The highest BCUT2D eigenvalue weighted by Gasteiger charge is 2.15. The third-order valence-corrected chi connectivity index (χ3v) is 4.24. The van der Waals surface area contributed by atoms with Gasteiger partial charge in [-0.05, 0) is 35.2 Å². The molecule has 23 heavy (non-hydrogen) atoms. The fourth-order valence-corrected chi connectivity index (χ4v) is 2.77. The van der Waals surface area contributed by atoms with Crippen molar-refractivity contribution in [2.75, 3.05) is 5.32 Å². The van der Waals surface area contributed by atoms with Crippen LogP contribution < -0.4 is 5.32 Å². The Hall–Kier alpha value is -2.47. The Morgan fingerprint density at radius 2 is 1.87 bits per heavy atom. The van der Waals surface area contributed by atoms with Crippen LogP contribution in [0.25, 0.3) is 10.8 Å². The Labute approximate surface area is 138 Å². The molecule has 6 heteroatoms. The van der Waals surface area contributed by atoms with E-state index in [0.29, 0.717) is 21.5 Å². The second-order valence-electron chi connectivity index (χ2n) is 6.17. The highest BCUT2D eigenvalue weighted by atomic mass is 32.1. The number of hydrogen-bond donors (Lipinski definition) is 1. The lowest BCUT2D eigenvalue weighted by atomic mass is 9.87. The molecule has 0 spiro atoms. The lowest BCUT2D eigenvalue weighted by molar-refractivity contribution is 0.102. The van der Waals surface area contributed by atoms with Crippen LogP contribution in [0.3, 0.4) is 0 Å². The standard InChI is InChI=1S/C17H17N3O2S/c1-17(2,3)12-8-6-11(7-9-12)14(21)18-16-20-19-15(23-16)13-5-4-10-22-13/h4-10H,1-3H3,(H,18,20,21). The second kappa shape index (κ2) is 5.96. The van der Waals surface area contributed by atoms with Crippen LogP contribution in [0.4, 0.5) is 5.13 Å². The minimum atomic E-state index is -0.201. The van der Waals surface area contributed by atoms with Gasteiger partial charge in [-0.2, -0.15) is 0 Å². The molecule has 0 atom stereocenters. The minimum Gasteiger partial charge on any atom is -0.462 e. The van der Waals surface area contributed by atoms with Gasteiger partial charge in [-0.3, -0.25) is 10.1 Å². The molecule has 0 fully saturated rings. The van der Waals surface area contributed by atoms with Crippen molar-refractivity contribution in [3.63, 3.8) is 0 Å². The third-order valence-electron chi connectivity index (χ3n) is 3.39. The van der Waals surface area contributed by atoms with Crippen molar-refractivity contribution in [3.8, 4) is 10.8 Å². The molecule has 0 radical (unpaired) electrons. The molecule has 0 aliphatic rings. The smallest absolute Gasteiger partial charge is 0.257 e. The number of anilines is 1. The summed E-state index contributed by atoms with van der Waals surface area (Å²) in [6.07, 6.45) is 1.58. The zero-order chi connectivity index (χ0) is 16.4. The molecular weight excluding hydrogens is 310 g/mol. The van der Waals surface area contributed by atoms with Crippen molar-refractivity contribution < 1.29 is 9.21 Å². The van der Waals surface area contributed by atoms with E-state index >= 15 is 0 Å². The Morgan fingerprint density at radius 1 is 1.13 bits per heavy atom. The molecule has 0 bridgehead atoms. The number of nitrogens with one attached hydrogen (secondary N) is 1. The van der Waals surface area contributed by atoms with Gasteiger partial charge < -0.3 is 4.42 Å². The van der Waals surface area contributed by atoms with Crippen molar-refractivity contribution in [2.45, 2.75) is 26.2 Å². The first kappa shape index (κ1) is 15.4. The van der Waals surface area contributed by atoms with Gasteiger partial charge in [-0.25, -0.2) is 0 Å². The van der Waals surface area contributed by atoms with Crippen LogP contribution in [0.1, 0.15) is 36.7 Å². The van der Waals surface area contributed by atoms with E-state index in [-0.39, 0.29) is 11.3 Å². The van der Waals surface area contributed by atoms with Crippen LogP contribution in [-0.2, 0) is 5.41 Å². The summed E-state index contributed by atoms with van der Waals surface area (Å²) >= 11 is 1.27. The van der Waals surface area contributed by atoms with Crippen LogP contribution >= 0.6 is 11.3 Å². The predicted octanol–water partition coefficient (Wildman–Crippen LogP) is 4.35. The summed E-state index contributed by atoms with van der Waals surface area (Å²) in [6, 6.07) is 11.2. The maximum atomic E-state index is 12.3. The first-order valence-electron chi connectivity index (χ1n) is 7.23. The van der Waals surface area contributed by atoms with Gasteiger partial charge >= 0.3 is 0 Å². The topological polar surface area (TPSA) is 68.0 Å². The van der Waals surface area contributed by atoms with E-state index in [1.165, 1.54) is 16.9 Å². The molecule has 1 N–H and O–H groups in total. The Bertz CT molecular complexity index is 799. The van der Waals surface area contributed by atoms with Crippen molar-refractivity contribution in [2.24, 2.45) is 0 Å². The second-order valence-corrected chi connectivity index (χ2v) is 7.15. The zero-order valence-corrected chi connectivity index (χ0v) is 14.0. The summed E-state index contributed by atoms with van der Waals surface area (Å²) < 4.78 is 5.26. The Morgan fingerprint density at radius 3 is 2.48 bits per heavy atom. The third kappa shape index (κ3) is 3.48. The van der Waals surface area contributed by atoms with Crippen LogP contribution in [0.15, 0.2) is 47.1 Å². The number of rotatable bonds is 3. The molecule has 1 amide bonds. The van der Waals surface area contributed by atoms with E-state index in [1.54, 1.807) is 18.4 Å². The molecule has 2 aromatic heterocycles. The van der Waals surface area contributed by atoms with Crippen LogP contribution in [0.5, 0.6) is 0 Å². The average molecular weight is 327 g/mol. The van der Waals surface area contributed by atoms with E-state index in [9.17, 15) is 4.79 Å². The number of carbonyl (C=O) groups excluding carboxylic acids is 1. The normalized spacial score (nSPS) is 11.4. The first-order chi connectivity index (χ1) is 10.9. The largest absolute Gasteiger partial charge is 0.462 e. The molecule has 3 aromatic rings. The number of carbonyl (C=O) groups is 1. The highest BCUT2D eigenvalue weighted by molar-refractivity contribution is 7.18. The average Bonchev–Trinajstić information content (AvgIpc) is 3.17. The molecule has 0 aliphatic heterocycles. The maximum absolute atomic E-state index is 12.3. The zero-order valence-electron chi connectivity index (χ0n) is 13.2. The maximum Gasteiger partial charge on any atom is 0.257 e. The van der Waals surface area contributed by atoms with E-state index in [1.807, 2.05) is 24.3 Å². The lowest BCUT2D eigenvalue weighted by Crippen LogP contribution is -2.14. The molecule has 1 aromatic carbocycles. The summed E-state index contributed by atoms with van der Waals surface area (Å²) in [5, 5.41) is 11.8. The van der Waals surface area contributed by atoms with Gasteiger partial charge in [0.15, 0.2) is 10.8 Å². The Balaban J connectivity index is 1.72. The van der Waals surface area contributed by atoms with Crippen molar-refractivity contribution in [1.82, 2.24) is 10.2 Å². The summed E-state index contributed by atoms with van der Waals surface area (Å²) in [7, 11) is 0. The van der Waals surface area contributed by atoms with Gasteiger partial charge in [0.05, 0.1) is 6.26 Å². The molecule has 5 nitrogen and oxygen atoms in total. The van der Waals surface area contributed by atoms with E-state index in [0.717, 1.165) is 0 Å². The summed E-state index contributed by atoms with van der Waals surface area (Å²) in [5.74, 6) is 0.435. The van der Waals surface area contributed by atoms with Crippen LogP contribution in [0.2, 0.25) is 0 Å². The predicted molar refractivity (Wildman–Crippen MR) is 90.7 cm³/mol. The molecule has 2 heterocycles. The van der Waals surface area contributed by atoms with Gasteiger partial charge in [0.2, 0.25) is 5.13 Å². The summed E-state index contributed by atoms with van der Waals surface area (Å²) in [6.45, 7) is 6.42. The molecule has 0 aliphatic carbocycles. The van der Waals surface area contributed by atoms with E-state index in [2.05, 4.69) is 36.3 Å². The monoisotopic (exact) mass is 327 g/mol. The van der Waals surface area contributed by atoms with Gasteiger partial charge in [-0.15, -0.1) is 10.2 Å². The lowest BCUT2D eigenvalue weighted by Gasteiger charge is -2.18. The van der Waals surface area contributed by atoms with Gasteiger partial charge in [0, 0.05) is 5.56 Å². The fourth-order valence-electron chi connectivity index (χ4n) is 2.06. The fraction of sp³-hybridized carbons (Fsp3) is 0.235. The number of nitrogens with zero attached hydrogens (tertiary/aromatic N) is 2. The number of aromatic nitrogens is 2. The number of benzene rings is 1. The molecular formula is C17H17N3O2S. The summed E-state index contributed by atoms with van der Waals surface area (Å²) in [4.78, 5) is 12.3. The molecule has 3 rings (SSSR count). The number of furan rings is 1. The first-order valence-corrected chi connectivity index (χ1v) is 8.04. The Kier molecular flexibility index (Phi) is 4.00. The van der Waals surface area contributed by atoms with Gasteiger partial charge in [0.1, 0.15) is 0 Å². The van der Waals surface area contributed by atoms with E-state index < -0.39 is 0 Å². The molecule has 118 valence electrons. The number of amides is 1. The summed E-state index contributed by atoms with van der Waals surface area (Å²) in [5.41, 5.74) is 1.84. The molecule has 0 unspecified atom stereocenters. The van der Waals surface area contributed by atoms with Crippen LogP contribution in [-0.4, -0.2) is 16.1 Å². The van der Waals surface area contributed by atoms with Crippen molar-refractivity contribution in [3.05, 3.63) is 53.8 Å². The highest BCUT2D eigenvalue weighted by Crippen LogP contribution is 2.27. The van der Waals surface area contributed by atoms with E-state index in [4.69, 9.17) is 4.42 Å². The number of hydrogen-bond acceptors (Lipinski definition) is 5. The van der Waals surface area contributed by atoms with Gasteiger partial charge in [0.25, 0.3) is 5.91 Å². The van der Waals surface area contributed by atoms with Crippen molar-refractivity contribution in [1.29, 1.82) is 0 Å². The minimum absolute atomic E-state index is 0.0617. The SMILES string of the molecule is CC(C)(C)c1ccc(C(=O)Nc2nnc(-c3ccco3)s2)cc1. The van der Waals surface area contributed by atoms with Crippen LogP contribution in [0, 0.1) is 0 Å².